The van der Waals surface area contributed by atoms with Gasteiger partial charge in [0.2, 0.25) is 5.82 Å². The Morgan fingerprint density at radius 2 is 2.35 bits per heavy atom. The van der Waals surface area contributed by atoms with Gasteiger partial charge in [0.15, 0.2) is 0 Å². The van der Waals surface area contributed by atoms with Crippen molar-refractivity contribution >= 4 is 11.5 Å². The molecule has 1 aromatic rings. The molecule has 0 aliphatic heterocycles. The molecule has 6 heteroatoms. The summed E-state index contributed by atoms with van der Waals surface area (Å²) in [6.07, 6.45) is 6.00. The van der Waals surface area contributed by atoms with E-state index < -0.39 is 0 Å². The number of aryl methyl sites for hydroxylation is 1. The van der Waals surface area contributed by atoms with Crippen LogP contribution in [0, 0.1) is 16.0 Å². The number of nitrogens with zero attached hydrogens (tertiary/aromatic N) is 3. The molecule has 1 aromatic heterocycles. The van der Waals surface area contributed by atoms with Crippen molar-refractivity contribution in [3.05, 3.63) is 16.3 Å². The maximum Gasteiger partial charge on any atom is 0.330 e. The summed E-state index contributed by atoms with van der Waals surface area (Å²) >= 11 is 0. The molecule has 94 valence electrons. The second-order valence-electron chi connectivity index (χ2n) is 4.91. The summed E-state index contributed by atoms with van der Waals surface area (Å²) in [4.78, 5) is 10.5. The van der Waals surface area contributed by atoms with Gasteiger partial charge < -0.3 is 5.32 Å². The summed E-state index contributed by atoms with van der Waals surface area (Å²) in [7, 11) is 1.70. The van der Waals surface area contributed by atoms with Crippen LogP contribution >= 0.6 is 0 Å². The molecule has 1 heterocycles. The minimum absolute atomic E-state index is 0.0609. The van der Waals surface area contributed by atoms with Crippen LogP contribution in [-0.2, 0) is 7.05 Å². The molecule has 2 rings (SSSR count). The average molecular weight is 238 g/mol. The summed E-state index contributed by atoms with van der Waals surface area (Å²) in [6.45, 7) is 2.22. The van der Waals surface area contributed by atoms with E-state index in [0.29, 0.717) is 17.8 Å². The summed E-state index contributed by atoms with van der Waals surface area (Å²) in [5, 5.41) is 18.2. The van der Waals surface area contributed by atoms with Crippen molar-refractivity contribution in [2.75, 3.05) is 5.32 Å². The first-order valence-electron chi connectivity index (χ1n) is 6.01. The largest absolute Gasteiger partial charge is 0.360 e. The number of aromatic nitrogens is 2. The fourth-order valence-electron chi connectivity index (χ4n) is 2.47. The number of nitro groups is 1. The third-order valence-corrected chi connectivity index (χ3v) is 3.28. The van der Waals surface area contributed by atoms with Crippen LogP contribution in [0.15, 0.2) is 6.20 Å². The summed E-state index contributed by atoms with van der Waals surface area (Å²) in [6, 6.07) is 0.312. The van der Waals surface area contributed by atoms with Crippen LogP contribution in [0.25, 0.3) is 0 Å². The highest BCUT2D eigenvalue weighted by molar-refractivity contribution is 5.55. The fraction of sp³-hybridized carbons (Fsp3) is 0.727. The zero-order chi connectivity index (χ0) is 12.4. The summed E-state index contributed by atoms with van der Waals surface area (Å²) in [5.41, 5.74) is 0.0609. The lowest BCUT2D eigenvalue weighted by atomic mass is 9.87. The Labute approximate surface area is 100 Å². The number of anilines is 1. The van der Waals surface area contributed by atoms with Gasteiger partial charge >= 0.3 is 5.69 Å². The van der Waals surface area contributed by atoms with Crippen LogP contribution in [0.5, 0.6) is 0 Å². The highest BCUT2D eigenvalue weighted by atomic mass is 16.6. The number of nitrogens with one attached hydrogen (secondary N) is 1. The van der Waals surface area contributed by atoms with Gasteiger partial charge in [-0.05, 0) is 18.8 Å². The SMILES string of the molecule is CC1CCCC(Nc2nn(C)cc2[N+](=O)[O-])C1. The molecule has 2 atom stereocenters. The minimum atomic E-state index is -0.387. The van der Waals surface area contributed by atoms with Gasteiger partial charge in [-0.15, -0.1) is 5.10 Å². The first-order valence-corrected chi connectivity index (χ1v) is 6.01. The maximum absolute atomic E-state index is 10.9. The molecule has 1 fully saturated rings. The van der Waals surface area contributed by atoms with E-state index in [1.54, 1.807) is 7.05 Å². The van der Waals surface area contributed by atoms with Crippen LogP contribution in [0.3, 0.4) is 0 Å². The lowest BCUT2D eigenvalue weighted by Gasteiger charge is -2.27. The fourth-order valence-corrected chi connectivity index (χ4v) is 2.47. The Hall–Kier alpha value is -1.59. The molecule has 1 saturated carbocycles. The van der Waals surface area contributed by atoms with Gasteiger partial charge in [0.25, 0.3) is 0 Å². The van der Waals surface area contributed by atoms with E-state index in [9.17, 15) is 10.1 Å². The molecular formula is C11H18N4O2. The molecule has 17 heavy (non-hydrogen) atoms. The molecule has 0 saturated heterocycles. The minimum Gasteiger partial charge on any atom is -0.360 e. The van der Waals surface area contributed by atoms with Crippen molar-refractivity contribution in [1.29, 1.82) is 0 Å². The Balaban J connectivity index is 2.09. The highest BCUT2D eigenvalue weighted by Gasteiger charge is 2.24. The van der Waals surface area contributed by atoms with Crippen LogP contribution < -0.4 is 5.32 Å². The van der Waals surface area contributed by atoms with Gasteiger partial charge in [-0.3, -0.25) is 14.8 Å². The van der Waals surface area contributed by atoms with E-state index >= 15 is 0 Å². The van der Waals surface area contributed by atoms with Crippen molar-refractivity contribution < 1.29 is 4.92 Å². The first kappa shape index (κ1) is 11.9. The quantitative estimate of drug-likeness (QED) is 0.647. The van der Waals surface area contributed by atoms with Gasteiger partial charge in [0, 0.05) is 13.1 Å². The van der Waals surface area contributed by atoms with Crippen molar-refractivity contribution in [3.8, 4) is 0 Å². The van der Waals surface area contributed by atoms with E-state index in [1.165, 1.54) is 23.7 Å². The van der Waals surface area contributed by atoms with E-state index in [0.717, 1.165) is 12.8 Å². The molecule has 1 N–H and O–H groups in total. The summed E-state index contributed by atoms with van der Waals surface area (Å²) in [5.74, 6) is 1.08. The smallest absolute Gasteiger partial charge is 0.330 e. The topological polar surface area (TPSA) is 73.0 Å². The normalized spacial score (nSPS) is 24.6. The summed E-state index contributed by atoms with van der Waals surface area (Å²) < 4.78 is 1.48. The molecular weight excluding hydrogens is 220 g/mol. The second kappa shape index (κ2) is 4.73. The molecule has 1 aliphatic carbocycles. The van der Waals surface area contributed by atoms with Crippen LogP contribution in [0.4, 0.5) is 11.5 Å². The Kier molecular flexibility index (Phi) is 3.31. The van der Waals surface area contributed by atoms with E-state index in [1.807, 2.05) is 0 Å². The molecule has 0 amide bonds. The third-order valence-electron chi connectivity index (χ3n) is 3.28. The zero-order valence-corrected chi connectivity index (χ0v) is 10.2. The second-order valence-corrected chi connectivity index (χ2v) is 4.91. The maximum atomic E-state index is 10.9. The van der Waals surface area contributed by atoms with E-state index in [-0.39, 0.29) is 10.6 Å². The first-order chi connectivity index (χ1) is 8.06. The molecule has 0 spiro atoms. The van der Waals surface area contributed by atoms with Crippen LogP contribution in [0.2, 0.25) is 0 Å². The van der Waals surface area contributed by atoms with E-state index in [4.69, 9.17) is 0 Å². The predicted molar refractivity (Wildman–Crippen MR) is 64.9 cm³/mol. The van der Waals surface area contributed by atoms with Crippen molar-refractivity contribution in [1.82, 2.24) is 9.78 Å². The van der Waals surface area contributed by atoms with Crippen molar-refractivity contribution in [2.24, 2.45) is 13.0 Å². The number of hydrogen-bond acceptors (Lipinski definition) is 4. The molecule has 6 nitrogen and oxygen atoms in total. The van der Waals surface area contributed by atoms with Gasteiger partial charge in [-0.2, -0.15) is 0 Å². The lowest BCUT2D eigenvalue weighted by Crippen LogP contribution is -2.26. The van der Waals surface area contributed by atoms with Crippen molar-refractivity contribution in [3.63, 3.8) is 0 Å². The highest BCUT2D eigenvalue weighted by Crippen LogP contribution is 2.29. The molecule has 0 radical (unpaired) electrons. The molecule has 0 aromatic carbocycles. The van der Waals surface area contributed by atoms with Crippen LogP contribution in [-0.4, -0.2) is 20.7 Å². The standard InChI is InChI=1S/C11H18N4O2/c1-8-4-3-5-9(6-8)12-11-10(15(16)17)7-14(2)13-11/h7-9H,3-6H2,1-2H3,(H,12,13). The number of rotatable bonds is 3. The zero-order valence-electron chi connectivity index (χ0n) is 10.2. The third kappa shape index (κ3) is 2.75. The van der Waals surface area contributed by atoms with Gasteiger partial charge in [-0.1, -0.05) is 19.8 Å². The molecule has 0 bridgehead atoms. The molecule has 1 aliphatic rings. The molecule has 2 unspecified atom stereocenters. The number of hydrogen-bond donors (Lipinski definition) is 1. The Bertz CT molecular complexity index is 416. The van der Waals surface area contributed by atoms with Crippen LogP contribution in [0.1, 0.15) is 32.6 Å². The van der Waals surface area contributed by atoms with Gasteiger partial charge in [0.1, 0.15) is 6.20 Å². The van der Waals surface area contributed by atoms with Crippen molar-refractivity contribution in [2.45, 2.75) is 38.6 Å². The average Bonchev–Trinajstić information content (AvgIpc) is 2.59. The monoisotopic (exact) mass is 238 g/mol. The Morgan fingerprint density at radius 1 is 1.59 bits per heavy atom. The van der Waals surface area contributed by atoms with Gasteiger partial charge in [0.05, 0.1) is 4.92 Å². The lowest BCUT2D eigenvalue weighted by molar-refractivity contribution is -0.384. The Morgan fingerprint density at radius 3 is 3.00 bits per heavy atom. The van der Waals surface area contributed by atoms with Gasteiger partial charge in [-0.25, -0.2) is 0 Å². The predicted octanol–water partition coefficient (Wildman–Crippen LogP) is 2.32. The van der Waals surface area contributed by atoms with E-state index in [2.05, 4.69) is 17.3 Å².